The number of hydrogen-bond acceptors (Lipinski definition) is 3. The first kappa shape index (κ1) is 17.1. The van der Waals surface area contributed by atoms with E-state index < -0.39 is 17.4 Å². The van der Waals surface area contributed by atoms with Gasteiger partial charge < -0.3 is 10.4 Å². The number of amides is 1. The van der Waals surface area contributed by atoms with Crippen LogP contribution in [0, 0.1) is 5.41 Å². The van der Waals surface area contributed by atoms with E-state index in [1.807, 2.05) is 4.90 Å². The van der Waals surface area contributed by atoms with Crippen LogP contribution in [-0.2, 0) is 9.59 Å². The van der Waals surface area contributed by atoms with E-state index in [1.165, 1.54) is 0 Å². The summed E-state index contributed by atoms with van der Waals surface area (Å²) in [4.78, 5) is 25.5. The number of hydrogen-bond donors (Lipinski definition) is 2. The van der Waals surface area contributed by atoms with Gasteiger partial charge in [0.25, 0.3) is 0 Å². The Morgan fingerprint density at radius 1 is 1.41 bits per heavy atom. The fourth-order valence-electron chi connectivity index (χ4n) is 2.50. The Kier molecular flexibility index (Phi) is 5.00. The number of benzene rings is 1. The van der Waals surface area contributed by atoms with Crippen molar-refractivity contribution in [1.82, 2.24) is 4.90 Å². The maximum atomic E-state index is 12.3. The van der Waals surface area contributed by atoms with Gasteiger partial charge in [-0.25, -0.2) is 0 Å². The molecule has 7 heteroatoms. The van der Waals surface area contributed by atoms with Crippen molar-refractivity contribution in [3.05, 3.63) is 28.2 Å². The standard InChI is InChI=1S/C15H18Cl2N2O3/c1-9(19-6-5-15(2,8-19)14(21)22)13(20)18-12-7-10(16)3-4-11(12)17/h3-4,7,9H,5-6,8H2,1-2H3,(H,18,20)(H,21,22). The van der Waals surface area contributed by atoms with Gasteiger partial charge in [-0.1, -0.05) is 23.2 Å². The topological polar surface area (TPSA) is 69.6 Å². The summed E-state index contributed by atoms with van der Waals surface area (Å²) < 4.78 is 0. The molecule has 2 unspecified atom stereocenters. The highest BCUT2D eigenvalue weighted by Gasteiger charge is 2.42. The van der Waals surface area contributed by atoms with E-state index in [4.69, 9.17) is 23.2 Å². The van der Waals surface area contributed by atoms with Crippen molar-refractivity contribution >= 4 is 40.8 Å². The molecule has 1 aromatic rings. The lowest BCUT2D eigenvalue weighted by molar-refractivity contribution is -0.147. The number of nitrogens with one attached hydrogen (secondary N) is 1. The van der Waals surface area contributed by atoms with E-state index in [9.17, 15) is 14.7 Å². The third kappa shape index (κ3) is 3.54. The van der Waals surface area contributed by atoms with Crippen molar-refractivity contribution < 1.29 is 14.7 Å². The van der Waals surface area contributed by atoms with Gasteiger partial charge in [0.15, 0.2) is 0 Å². The zero-order chi connectivity index (χ0) is 16.5. The minimum absolute atomic E-state index is 0.237. The van der Waals surface area contributed by atoms with Gasteiger partial charge in [-0.05, 0) is 38.5 Å². The number of carboxylic acids is 1. The molecular formula is C15H18Cl2N2O3. The maximum absolute atomic E-state index is 12.3. The highest BCUT2D eigenvalue weighted by atomic mass is 35.5. The summed E-state index contributed by atoms with van der Waals surface area (Å²) in [5.41, 5.74) is -0.353. The molecule has 1 aliphatic heterocycles. The molecule has 0 saturated carbocycles. The number of likely N-dealkylation sites (tertiary alicyclic amines) is 1. The molecule has 120 valence electrons. The Morgan fingerprint density at radius 3 is 2.68 bits per heavy atom. The van der Waals surface area contributed by atoms with Gasteiger partial charge in [-0.2, -0.15) is 0 Å². The van der Waals surface area contributed by atoms with Crippen LogP contribution in [-0.4, -0.2) is 41.0 Å². The third-order valence-electron chi connectivity index (χ3n) is 4.13. The van der Waals surface area contributed by atoms with Crippen molar-refractivity contribution in [3.63, 3.8) is 0 Å². The Labute approximate surface area is 139 Å². The molecule has 2 atom stereocenters. The van der Waals surface area contributed by atoms with E-state index in [-0.39, 0.29) is 5.91 Å². The zero-order valence-electron chi connectivity index (χ0n) is 12.4. The average molecular weight is 345 g/mol. The second-order valence-electron chi connectivity index (χ2n) is 5.88. The summed E-state index contributed by atoms with van der Waals surface area (Å²) in [6, 6.07) is 4.39. The number of aliphatic carboxylic acids is 1. The molecule has 2 rings (SSSR count). The quantitative estimate of drug-likeness (QED) is 0.880. The molecule has 0 aliphatic carbocycles. The molecule has 2 N–H and O–H groups in total. The molecule has 0 aromatic heterocycles. The molecule has 0 radical (unpaired) electrons. The number of nitrogens with zero attached hydrogens (tertiary/aromatic N) is 1. The van der Waals surface area contributed by atoms with Crippen LogP contribution in [0.3, 0.4) is 0 Å². The van der Waals surface area contributed by atoms with Gasteiger partial charge in [0.05, 0.1) is 22.2 Å². The van der Waals surface area contributed by atoms with Crippen LogP contribution >= 0.6 is 23.2 Å². The summed E-state index contributed by atoms with van der Waals surface area (Å²) in [5.74, 6) is -1.07. The molecule has 1 amide bonds. The lowest BCUT2D eigenvalue weighted by Crippen LogP contribution is -2.42. The first-order valence-corrected chi connectivity index (χ1v) is 7.72. The van der Waals surface area contributed by atoms with Gasteiger partial charge in [-0.15, -0.1) is 0 Å². The predicted molar refractivity (Wildman–Crippen MR) is 86.5 cm³/mol. The number of carbonyl (C=O) groups excluding carboxylic acids is 1. The van der Waals surface area contributed by atoms with Crippen LogP contribution < -0.4 is 5.32 Å². The van der Waals surface area contributed by atoms with Gasteiger partial charge in [-0.3, -0.25) is 14.5 Å². The fraction of sp³-hybridized carbons (Fsp3) is 0.467. The number of carbonyl (C=O) groups is 2. The van der Waals surface area contributed by atoms with E-state index in [0.29, 0.717) is 35.2 Å². The second-order valence-corrected chi connectivity index (χ2v) is 6.72. The molecule has 0 bridgehead atoms. The van der Waals surface area contributed by atoms with Crippen LogP contribution in [0.2, 0.25) is 10.0 Å². The van der Waals surface area contributed by atoms with E-state index >= 15 is 0 Å². The minimum atomic E-state index is -0.833. The summed E-state index contributed by atoms with van der Waals surface area (Å²) in [7, 11) is 0. The van der Waals surface area contributed by atoms with Gasteiger partial charge in [0.1, 0.15) is 0 Å². The fourth-order valence-corrected chi connectivity index (χ4v) is 2.84. The lowest BCUT2D eigenvalue weighted by atomic mass is 9.90. The predicted octanol–water partition coefficient (Wildman–Crippen LogP) is 3.12. The second kappa shape index (κ2) is 6.44. The lowest BCUT2D eigenvalue weighted by Gasteiger charge is -2.25. The molecule has 0 spiro atoms. The average Bonchev–Trinajstić information content (AvgIpc) is 2.86. The van der Waals surface area contributed by atoms with Crippen molar-refractivity contribution in [1.29, 1.82) is 0 Å². The van der Waals surface area contributed by atoms with Gasteiger partial charge in [0.2, 0.25) is 5.91 Å². The number of anilines is 1. The number of carboxylic acid groups (broad SMARTS) is 1. The Hall–Kier alpha value is -1.30. The minimum Gasteiger partial charge on any atom is -0.481 e. The molecule has 1 aliphatic rings. The monoisotopic (exact) mass is 344 g/mol. The molecule has 22 heavy (non-hydrogen) atoms. The molecule has 1 aromatic carbocycles. The molecular weight excluding hydrogens is 327 g/mol. The van der Waals surface area contributed by atoms with E-state index in [1.54, 1.807) is 32.0 Å². The van der Waals surface area contributed by atoms with E-state index in [0.717, 1.165) is 0 Å². The largest absolute Gasteiger partial charge is 0.481 e. The smallest absolute Gasteiger partial charge is 0.310 e. The summed E-state index contributed by atoms with van der Waals surface area (Å²) >= 11 is 11.9. The van der Waals surface area contributed by atoms with Crippen molar-refractivity contribution in [2.24, 2.45) is 5.41 Å². The molecule has 1 fully saturated rings. The van der Waals surface area contributed by atoms with Gasteiger partial charge in [0, 0.05) is 18.1 Å². The summed E-state index contributed by atoms with van der Waals surface area (Å²) in [5, 5.41) is 12.9. The van der Waals surface area contributed by atoms with Crippen LogP contribution in [0.15, 0.2) is 18.2 Å². The van der Waals surface area contributed by atoms with Crippen LogP contribution in [0.4, 0.5) is 5.69 Å². The Bertz CT molecular complexity index is 608. The molecule has 1 heterocycles. The normalized spacial score (nSPS) is 23.3. The highest BCUT2D eigenvalue weighted by molar-refractivity contribution is 6.35. The summed E-state index contributed by atoms with van der Waals surface area (Å²) in [6.45, 7) is 4.37. The van der Waals surface area contributed by atoms with Crippen molar-refractivity contribution in [2.45, 2.75) is 26.3 Å². The third-order valence-corrected chi connectivity index (χ3v) is 4.70. The first-order chi connectivity index (χ1) is 10.2. The summed E-state index contributed by atoms with van der Waals surface area (Å²) in [6.07, 6.45) is 0.526. The number of halogens is 2. The Balaban J connectivity index is 2.04. The van der Waals surface area contributed by atoms with Gasteiger partial charge >= 0.3 is 5.97 Å². The van der Waals surface area contributed by atoms with Crippen LogP contribution in [0.5, 0.6) is 0 Å². The van der Waals surface area contributed by atoms with Crippen LogP contribution in [0.1, 0.15) is 20.3 Å². The van der Waals surface area contributed by atoms with Crippen LogP contribution in [0.25, 0.3) is 0 Å². The van der Waals surface area contributed by atoms with E-state index in [2.05, 4.69) is 5.32 Å². The molecule has 5 nitrogen and oxygen atoms in total. The van der Waals surface area contributed by atoms with Crippen molar-refractivity contribution in [3.8, 4) is 0 Å². The number of rotatable bonds is 4. The SMILES string of the molecule is CC(C(=O)Nc1cc(Cl)ccc1Cl)N1CCC(C)(C(=O)O)C1. The highest BCUT2D eigenvalue weighted by Crippen LogP contribution is 2.32. The maximum Gasteiger partial charge on any atom is 0.310 e. The van der Waals surface area contributed by atoms with Crippen molar-refractivity contribution in [2.75, 3.05) is 18.4 Å². The molecule has 1 saturated heterocycles. The zero-order valence-corrected chi connectivity index (χ0v) is 13.9. The Morgan fingerprint density at radius 2 is 2.09 bits per heavy atom. The first-order valence-electron chi connectivity index (χ1n) is 6.96.